The molecular formula is C3H6N6Zn. The van der Waals surface area contributed by atoms with Gasteiger partial charge in [-0.1, -0.05) is 0 Å². The SMILES string of the molecule is Nc1nc(N)nc(N)n1.[Zn]. The van der Waals surface area contributed by atoms with Gasteiger partial charge in [0.15, 0.2) is 0 Å². The quantitative estimate of drug-likeness (QED) is 0.435. The van der Waals surface area contributed by atoms with Gasteiger partial charge in [0, 0.05) is 19.5 Å². The van der Waals surface area contributed by atoms with Crippen molar-refractivity contribution in [3.8, 4) is 0 Å². The van der Waals surface area contributed by atoms with Crippen LogP contribution in [-0.2, 0) is 19.5 Å². The summed E-state index contributed by atoms with van der Waals surface area (Å²) in [6, 6.07) is 0. The zero-order valence-corrected chi connectivity index (χ0v) is 8.25. The Morgan fingerprint density at radius 3 is 1.10 bits per heavy atom. The largest absolute Gasteiger partial charge is 0.368 e. The van der Waals surface area contributed by atoms with Crippen LogP contribution in [0.1, 0.15) is 0 Å². The summed E-state index contributed by atoms with van der Waals surface area (Å²) in [6.45, 7) is 0. The van der Waals surface area contributed by atoms with Gasteiger partial charge in [-0.15, -0.1) is 0 Å². The van der Waals surface area contributed by atoms with Crippen molar-refractivity contribution >= 4 is 17.8 Å². The first-order valence-electron chi connectivity index (χ1n) is 2.21. The van der Waals surface area contributed by atoms with Crippen LogP contribution in [0.2, 0.25) is 0 Å². The maximum absolute atomic E-state index is 5.14. The molecule has 6 nitrogen and oxygen atoms in total. The first-order valence-corrected chi connectivity index (χ1v) is 2.21. The summed E-state index contributed by atoms with van der Waals surface area (Å²) in [4.78, 5) is 10.5. The third-order valence-electron chi connectivity index (χ3n) is 0.687. The monoisotopic (exact) mass is 190 g/mol. The summed E-state index contributed by atoms with van der Waals surface area (Å²) in [7, 11) is 0. The van der Waals surface area contributed by atoms with Gasteiger partial charge in [0.25, 0.3) is 0 Å². The minimum Gasteiger partial charge on any atom is -0.368 e. The van der Waals surface area contributed by atoms with Gasteiger partial charge in [-0.05, 0) is 0 Å². The van der Waals surface area contributed by atoms with Crippen molar-refractivity contribution in [3.05, 3.63) is 0 Å². The van der Waals surface area contributed by atoms with Crippen LogP contribution in [0.4, 0.5) is 17.8 Å². The Kier molecular flexibility index (Phi) is 2.95. The molecule has 0 saturated carbocycles. The summed E-state index contributed by atoms with van der Waals surface area (Å²) < 4.78 is 0. The summed E-state index contributed by atoms with van der Waals surface area (Å²) >= 11 is 0. The number of hydrogen-bond donors (Lipinski definition) is 3. The zero-order valence-electron chi connectivity index (χ0n) is 5.28. The minimum absolute atomic E-state index is 0. The molecule has 0 aliphatic rings. The average molecular weight is 192 g/mol. The van der Waals surface area contributed by atoms with E-state index in [0.29, 0.717) is 0 Å². The predicted octanol–water partition coefficient (Wildman–Crippen LogP) is -1.38. The smallest absolute Gasteiger partial charge is 0.226 e. The molecule has 6 N–H and O–H groups in total. The Morgan fingerprint density at radius 2 is 0.900 bits per heavy atom. The van der Waals surface area contributed by atoms with Crippen LogP contribution < -0.4 is 17.2 Å². The molecule has 0 aliphatic carbocycles. The molecule has 0 radical (unpaired) electrons. The van der Waals surface area contributed by atoms with Gasteiger partial charge in [-0.2, -0.15) is 15.0 Å². The summed E-state index contributed by atoms with van der Waals surface area (Å²) in [5.74, 6) is 0.125. The van der Waals surface area contributed by atoms with Crippen molar-refractivity contribution in [3.63, 3.8) is 0 Å². The second-order valence-corrected chi connectivity index (χ2v) is 1.41. The molecule has 0 saturated heterocycles. The van der Waals surface area contributed by atoms with Crippen molar-refractivity contribution in [2.75, 3.05) is 17.2 Å². The molecule has 0 fully saturated rings. The molecule has 0 atom stereocenters. The van der Waals surface area contributed by atoms with Crippen molar-refractivity contribution in [1.82, 2.24) is 15.0 Å². The van der Waals surface area contributed by atoms with Crippen LogP contribution in [0.25, 0.3) is 0 Å². The number of nitrogen functional groups attached to an aromatic ring is 3. The van der Waals surface area contributed by atoms with Gasteiger partial charge < -0.3 is 17.2 Å². The van der Waals surface area contributed by atoms with E-state index in [1.807, 2.05) is 0 Å². The van der Waals surface area contributed by atoms with Gasteiger partial charge in [-0.3, -0.25) is 0 Å². The minimum atomic E-state index is 0. The Bertz CT molecular complexity index is 174. The van der Waals surface area contributed by atoms with Gasteiger partial charge in [0.2, 0.25) is 17.8 Å². The fourth-order valence-electron chi connectivity index (χ4n) is 0.427. The summed E-state index contributed by atoms with van der Waals surface area (Å²) in [5.41, 5.74) is 15.4. The van der Waals surface area contributed by atoms with E-state index in [2.05, 4.69) is 15.0 Å². The van der Waals surface area contributed by atoms with E-state index in [1.54, 1.807) is 0 Å². The second-order valence-electron chi connectivity index (χ2n) is 1.41. The number of aromatic nitrogens is 3. The molecule has 0 amide bonds. The molecule has 0 spiro atoms. The first-order chi connectivity index (χ1) is 4.18. The van der Waals surface area contributed by atoms with Crippen LogP contribution in [0, 0.1) is 0 Å². The Morgan fingerprint density at radius 1 is 0.700 bits per heavy atom. The molecule has 10 heavy (non-hydrogen) atoms. The Balaban J connectivity index is 0.000000810. The summed E-state index contributed by atoms with van der Waals surface area (Å²) in [6.07, 6.45) is 0. The van der Waals surface area contributed by atoms with Crippen molar-refractivity contribution in [2.45, 2.75) is 0 Å². The molecule has 0 aliphatic heterocycles. The molecule has 50 valence electrons. The van der Waals surface area contributed by atoms with Crippen LogP contribution in [0.5, 0.6) is 0 Å². The van der Waals surface area contributed by atoms with Gasteiger partial charge in [0.05, 0.1) is 0 Å². The average Bonchev–Trinajstić information content (AvgIpc) is 1.59. The number of anilines is 3. The number of nitrogens with two attached hydrogens (primary N) is 3. The van der Waals surface area contributed by atoms with Crippen LogP contribution in [0.15, 0.2) is 0 Å². The van der Waals surface area contributed by atoms with E-state index in [1.165, 1.54) is 0 Å². The van der Waals surface area contributed by atoms with E-state index < -0.39 is 0 Å². The Hall–Kier alpha value is -0.967. The molecule has 7 heteroatoms. The Labute approximate surface area is 70.0 Å². The molecule has 1 aromatic rings. The third-order valence-corrected chi connectivity index (χ3v) is 0.687. The fraction of sp³-hybridized carbons (Fsp3) is 0. The molecule has 1 heterocycles. The standard InChI is InChI=1S/C3H6N6.Zn/c4-1-7-2(5)9-3(6)8-1;/h(H6,4,5,6,7,8,9);. The van der Waals surface area contributed by atoms with Gasteiger partial charge in [0.1, 0.15) is 0 Å². The topological polar surface area (TPSA) is 117 Å². The van der Waals surface area contributed by atoms with Crippen molar-refractivity contribution in [1.29, 1.82) is 0 Å². The van der Waals surface area contributed by atoms with E-state index in [0.717, 1.165) is 0 Å². The number of hydrogen-bond acceptors (Lipinski definition) is 6. The third kappa shape index (κ3) is 2.10. The molecule has 1 aromatic heterocycles. The number of nitrogens with zero attached hydrogens (tertiary/aromatic N) is 3. The maximum atomic E-state index is 5.14. The summed E-state index contributed by atoms with van der Waals surface area (Å²) in [5, 5.41) is 0. The number of rotatable bonds is 0. The second kappa shape index (κ2) is 3.26. The van der Waals surface area contributed by atoms with E-state index in [9.17, 15) is 0 Å². The van der Waals surface area contributed by atoms with Crippen LogP contribution in [-0.4, -0.2) is 15.0 Å². The molecule has 1 rings (SSSR count). The van der Waals surface area contributed by atoms with Crippen LogP contribution in [0.3, 0.4) is 0 Å². The zero-order chi connectivity index (χ0) is 6.85. The maximum Gasteiger partial charge on any atom is 0.226 e. The normalized spacial score (nSPS) is 8.40. The molecular weight excluding hydrogens is 185 g/mol. The van der Waals surface area contributed by atoms with E-state index in [4.69, 9.17) is 17.2 Å². The molecule has 0 aromatic carbocycles. The first kappa shape index (κ1) is 9.03. The van der Waals surface area contributed by atoms with Crippen molar-refractivity contribution < 1.29 is 19.5 Å². The fourth-order valence-corrected chi connectivity index (χ4v) is 0.427. The van der Waals surface area contributed by atoms with E-state index in [-0.39, 0.29) is 37.3 Å². The molecule has 0 bridgehead atoms. The van der Waals surface area contributed by atoms with Gasteiger partial charge in [-0.25, -0.2) is 0 Å². The van der Waals surface area contributed by atoms with Gasteiger partial charge >= 0.3 is 0 Å². The van der Waals surface area contributed by atoms with Crippen LogP contribution >= 0.6 is 0 Å². The predicted molar refractivity (Wildman–Crippen MR) is 33.1 cm³/mol. The van der Waals surface area contributed by atoms with Crippen molar-refractivity contribution in [2.24, 2.45) is 0 Å². The molecule has 0 unspecified atom stereocenters. The van der Waals surface area contributed by atoms with E-state index >= 15 is 0 Å².